The second-order valence-corrected chi connectivity index (χ2v) is 15.6. The number of aryl methyl sites for hydroxylation is 1. The number of hydrogen-bond donors (Lipinski definition) is 6. The molecule has 5 rings (SSSR count). The van der Waals surface area contributed by atoms with E-state index in [1.165, 1.54) is 0 Å². The number of carbonyl (C=O) groups is 4. The van der Waals surface area contributed by atoms with Crippen molar-refractivity contribution < 1.29 is 23.9 Å². The SMILES string of the molecule is Cc1cc(C(=O)NC(C)C)ccc1-c1ccc(C[C@H](NC(=O)C2CCC(CNC(=O)OC(C)(C)C)CC2)C(=O)Nc2cc(Cl)c3[nH]c(=O)[nH]c3c2)cc1. The third-order valence-electron chi connectivity index (χ3n) is 9.24. The van der Waals surface area contributed by atoms with Gasteiger partial charge in [0.1, 0.15) is 11.6 Å². The van der Waals surface area contributed by atoms with Gasteiger partial charge in [0.25, 0.3) is 5.91 Å². The van der Waals surface area contributed by atoms with E-state index in [9.17, 15) is 24.0 Å². The molecule has 0 bridgehead atoms. The van der Waals surface area contributed by atoms with Crippen molar-refractivity contribution in [3.8, 4) is 11.1 Å². The van der Waals surface area contributed by atoms with Crippen molar-refractivity contribution in [1.29, 1.82) is 0 Å². The summed E-state index contributed by atoms with van der Waals surface area (Å²) in [5.41, 5.74) is 4.55. The molecule has 1 heterocycles. The van der Waals surface area contributed by atoms with Crippen molar-refractivity contribution in [2.45, 2.75) is 91.3 Å². The van der Waals surface area contributed by atoms with Crippen LogP contribution in [0.2, 0.25) is 5.02 Å². The normalized spacial score (nSPS) is 16.5. The third-order valence-corrected chi connectivity index (χ3v) is 9.54. The van der Waals surface area contributed by atoms with E-state index in [4.69, 9.17) is 16.3 Å². The van der Waals surface area contributed by atoms with Gasteiger partial charge in [0.2, 0.25) is 11.8 Å². The van der Waals surface area contributed by atoms with Crippen LogP contribution in [0.25, 0.3) is 22.2 Å². The van der Waals surface area contributed by atoms with E-state index in [1.807, 2.05) is 84.0 Å². The summed E-state index contributed by atoms with van der Waals surface area (Å²) in [5.74, 6) is -0.822. The van der Waals surface area contributed by atoms with Crippen molar-refractivity contribution >= 4 is 52.1 Å². The van der Waals surface area contributed by atoms with Gasteiger partial charge in [-0.05, 0) is 120 Å². The predicted octanol–water partition coefficient (Wildman–Crippen LogP) is 6.62. The third kappa shape index (κ3) is 10.7. The highest BCUT2D eigenvalue weighted by molar-refractivity contribution is 6.35. The van der Waals surface area contributed by atoms with E-state index in [-0.39, 0.29) is 41.1 Å². The lowest BCUT2D eigenvalue weighted by molar-refractivity contribution is -0.130. The van der Waals surface area contributed by atoms with Crippen LogP contribution in [0.15, 0.2) is 59.4 Å². The van der Waals surface area contributed by atoms with Crippen molar-refractivity contribution in [3.63, 3.8) is 0 Å². The lowest BCUT2D eigenvalue weighted by atomic mass is 9.81. The molecule has 53 heavy (non-hydrogen) atoms. The zero-order chi connectivity index (χ0) is 38.4. The fourth-order valence-corrected chi connectivity index (χ4v) is 6.87. The highest BCUT2D eigenvalue weighted by Gasteiger charge is 2.30. The Balaban J connectivity index is 1.28. The van der Waals surface area contributed by atoms with E-state index in [1.54, 1.807) is 12.1 Å². The van der Waals surface area contributed by atoms with Gasteiger partial charge in [-0.25, -0.2) is 9.59 Å². The summed E-state index contributed by atoms with van der Waals surface area (Å²) in [7, 11) is 0. The number of ether oxygens (including phenoxy) is 1. The Labute approximate surface area is 314 Å². The number of anilines is 1. The van der Waals surface area contributed by atoms with Gasteiger partial charge in [-0.15, -0.1) is 0 Å². The molecular weight excluding hydrogens is 696 g/mol. The lowest BCUT2D eigenvalue weighted by Gasteiger charge is -2.29. The van der Waals surface area contributed by atoms with Gasteiger partial charge in [0.15, 0.2) is 0 Å². The van der Waals surface area contributed by atoms with Crippen molar-refractivity contribution in [1.82, 2.24) is 25.9 Å². The Morgan fingerprint density at radius 2 is 1.62 bits per heavy atom. The molecule has 0 saturated heterocycles. The Morgan fingerprint density at radius 3 is 2.26 bits per heavy atom. The van der Waals surface area contributed by atoms with Gasteiger partial charge in [0.05, 0.1) is 16.1 Å². The molecule has 13 heteroatoms. The molecule has 1 aromatic heterocycles. The van der Waals surface area contributed by atoms with E-state index in [0.29, 0.717) is 41.7 Å². The van der Waals surface area contributed by atoms with E-state index in [0.717, 1.165) is 35.1 Å². The molecule has 6 N–H and O–H groups in total. The minimum absolute atomic E-state index is 0.0340. The van der Waals surface area contributed by atoms with Crippen molar-refractivity contribution in [2.75, 3.05) is 11.9 Å². The Hall–Kier alpha value is -5.10. The van der Waals surface area contributed by atoms with Crippen molar-refractivity contribution in [3.05, 3.63) is 86.8 Å². The molecule has 1 aliphatic rings. The summed E-state index contributed by atoms with van der Waals surface area (Å²) in [6, 6.07) is 15.7. The molecule has 3 aromatic carbocycles. The molecule has 0 spiro atoms. The zero-order valence-electron chi connectivity index (χ0n) is 31.1. The standard InChI is InChI=1S/C40H49ClN6O6/c1-22(2)43-36(49)28-15-16-30(23(3)17-28)26-11-7-24(8-12-26)18-33(37(50)44-29-19-31(41)34-32(20-29)46-38(51)47-34)45-35(48)27-13-9-25(10-14-27)21-42-39(52)53-40(4,5)6/h7-8,11-12,15-17,19-20,22,25,27,33H,9-10,13-14,18,21H2,1-6H3,(H,42,52)(H,43,49)(H,44,50)(H,45,48)(H2,46,47,51)/t25?,27?,33-/m0/s1. The molecule has 0 radical (unpaired) electrons. The molecule has 1 atom stereocenters. The molecule has 282 valence electrons. The second kappa shape index (κ2) is 16.7. The predicted molar refractivity (Wildman–Crippen MR) is 207 cm³/mol. The monoisotopic (exact) mass is 744 g/mol. The number of carbonyl (C=O) groups excluding carboxylic acids is 4. The first-order valence-electron chi connectivity index (χ1n) is 18.0. The summed E-state index contributed by atoms with van der Waals surface area (Å²) in [5, 5.41) is 11.9. The highest BCUT2D eigenvalue weighted by Crippen LogP contribution is 2.30. The molecule has 4 amide bonds. The number of imidazole rings is 1. The highest BCUT2D eigenvalue weighted by atomic mass is 35.5. The van der Waals surface area contributed by atoms with Crippen LogP contribution in [0.1, 0.15) is 81.8 Å². The van der Waals surface area contributed by atoms with Gasteiger partial charge in [-0.3, -0.25) is 14.4 Å². The van der Waals surface area contributed by atoms with Gasteiger partial charge >= 0.3 is 11.8 Å². The maximum absolute atomic E-state index is 13.8. The number of rotatable bonds is 11. The summed E-state index contributed by atoms with van der Waals surface area (Å²) in [4.78, 5) is 69.3. The van der Waals surface area contributed by atoms with Crippen LogP contribution in [0.3, 0.4) is 0 Å². The molecule has 1 aliphatic carbocycles. The second-order valence-electron chi connectivity index (χ2n) is 15.2. The smallest absolute Gasteiger partial charge is 0.407 e. The van der Waals surface area contributed by atoms with Gasteiger partial charge < -0.3 is 36.0 Å². The van der Waals surface area contributed by atoms with Crippen LogP contribution in [0, 0.1) is 18.8 Å². The molecule has 0 unspecified atom stereocenters. The largest absolute Gasteiger partial charge is 0.444 e. The first-order valence-corrected chi connectivity index (χ1v) is 18.4. The van der Waals surface area contributed by atoms with Crippen LogP contribution in [-0.4, -0.2) is 58.0 Å². The van der Waals surface area contributed by atoms with E-state index >= 15 is 0 Å². The maximum Gasteiger partial charge on any atom is 0.407 e. The summed E-state index contributed by atoms with van der Waals surface area (Å²) >= 11 is 6.39. The number of aromatic nitrogens is 2. The first-order chi connectivity index (χ1) is 25.0. The number of nitrogens with one attached hydrogen (secondary N) is 6. The lowest BCUT2D eigenvalue weighted by Crippen LogP contribution is -2.48. The zero-order valence-corrected chi connectivity index (χ0v) is 31.8. The molecule has 12 nitrogen and oxygen atoms in total. The average molecular weight is 745 g/mol. The first kappa shape index (κ1) is 39.1. The fourth-order valence-electron chi connectivity index (χ4n) is 6.60. The van der Waals surface area contributed by atoms with Crippen LogP contribution in [-0.2, 0) is 20.7 Å². The Kier molecular flexibility index (Phi) is 12.3. The Bertz CT molecular complexity index is 2020. The summed E-state index contributed by atoms with van der Waals surface area (Å²) in [6.07, 6.45) is 2.52. The molecular formula is C40H49ClN6O6. The van der Waals surface area contributed by atoms with Crippen LogP contribution < -0.4 is 27.0 Å². The number of hydrogen-bond acceptors (Lipinski definition) is 6. The number of amides is 4. The number of aromatic amines is 2. The fraction of sp³-hybridized carbons (Fsp3) is 0.425. The Morgan fingerprint density at radius 1 is 0.925 bits per heavy atom. The molecule has 1 saturated carbocycles. The average Bonchev–Trinajstić information content (AvgIpc) is 3.47. The summed E-state index contributed by atoms with van der Waals surface area (Å²) < 4.78 is 5.34. The van der Waals surface area contributed by atoms with Crippen LogP contribution in [0.5, 0.6) is 0 Å². The number of fused-ring (bicyclic) bond motifs is 1. The van der Waals surface area contributed by atoms with Gasteiger partial charge in [-0.1, -0.05) is 41.9 Å². The van der Waals surface area contributed by atoms with Gasteiger partial charge in [-0.2, -0.15) is 0 Å². The summed E-state index contributed by atoms with van der Waals surface area (Å²) in [6.45, 7) is 11.7. The quantitative estimate of drug-likeness (QED) is 0.101. The number of halogens is 1. The van der Waals surface area contributed by atoms with E-state index in [2.05, 4.69) is 31.2 Å². The minimum Gasteiger partial charge on any atom is -0.444 e. The van der Waals surface area contributed by atoms with Crippen molar-refractivity contribution in [2.24, 2.45) is 11.8 Å². The number of benzene rings is 3. The maximum atomic E-state index is 13.8. The molecule has 4 aromatic rings. The van der Waals surface area contributed by atoms with Crippen LogP contribution in [0.4, 0.5) is 10.5 Å². The number of H-pyrrole nitrogens is 2. The molecule has 0 aliphatic heterocycles. The molecule has 1 fully saturated rings. The van der Waals surface area contributed by atoms with E-state index < -0.39 is 29.3 Å². The number of alkyl carbamates (subject to hydrolysis) is 1. The van der Waals surface area contributed by atoms with Crippen LogP contribution >= 0.6 is 11.6 Å². The van der Waals surface area contributed by atoms with Gasteiger partial charge in [0, 0.05) is 36.2 Å². The minimum atomic E-state index is -0.917. The topological polar surface area (TPSA) is 174 Å².